The summed E-state index contributed by atoms with van der Waals surface area (Å²) in [4.78, 5) is 2.14. The van der Waals surface area contributed by atoms with Crippen LogP contribution in [-0.2, 0) is 0 Å². The summed E-state index contributed by atoms with van der Waals surface area (Å²) in [7, 11) is 0. The first kappa shape index (κ1) is 9.90. The van der Waals surface area contributed by atoms with Crippen LogP contribution in [0.25, 0.3) is 0 Å². The fraction of sp³-hybridized carbons (Fsp3) is 0.500. The van der Waals surface area contributed by atoms with E-state index in [1.807, 2.05) is 0 Å². The largest absolute Gasteiger partial charge is 0.399 e. The van der Waals surface area contributed by atoms with Crippen LogP contribution in [0.4, 0.5) is 15.8 Å². The van der Waals surface area contributed by atoms with Gasteiger partial charge in [-0.05, 0) is 30.0 Å². The standard InChI is InChI=1S/C12H16FN3/c13-11-3-10(14)1-2-12(11)16-6-8-4-15-5-9(8)7-16/h1-3,8-9,15H,4-7,14H2/t8-,9+. The molecule has 2 heterocycles. The molecule has 3 rings (SSSR count). The number of halogens is 1. The number of anilines is 2. The van der Waals surface area contributed by atoms with Crippen LogP contribution in [0.1, 0.15) is 0 Å². The lowest BCUT2D eigenvalue weighted by molar-refractivity contribution is 0.533. The average molecular weight is 221 g/mol. The van der Waals surface area contributed by atoms with Crippen LogP contribution in [-0.4, -0.2) is 26.2 Å². The minimum absolute atomic E-state index is 0.201. The Morgan fingerprint density at radius 2 is 1.94 bits per heavy atom. The number of nitrogens with zero attached hydrogens (tertiary/aromatic N) is 1. The Hall–Kier alpha value is -1.29. The lowest BCUT2D eigenvalue weighted by Crippen LogP contribution is -2.26. The number of fused-ring (bicyclic) bond motifs is 1. The summed E-state index contributed by atoms with van der Waals surface area (Å²) in [6.45, 7) is 4.05. The van der Waals surface area contributed by atoms with E-state index < -0.39 is 0 Å². The molecule has 86 valence electrons. The van der Waals surface area contributed by atoms with Gasteiger partial charge in [0.05, 0.1) is 5.69 Å². The van der Waals surface area contributed by atoms with Crippen molar-refractivity contribution in [2.24, 2.45) is 11.8 Å². The number of hydrogen-bond donors (Lipinski definition) is 2. The van der Waals surface area contributed by atoms with Gasteiger partial charge < -0.3 is 16.0 Å². The van der Waals surface area contributed by atoms with Crippen molar-refractivity contribution in [3.63, 3.8) is 0 Å². The summed E-state index contributed by atoms with van der Waals surface area (Å²) < 4.78 is 13.7. The third kappa shape index (κ3) is 1.53. The van der Waals surface area contributed by atoms with Gasteiger partial charge >= 0.3 is 0 Å². The molecule has 0 unspecified atom stereocenters. The van der Waals surface area contributed by atoms with Gasteiger partial charge in [-0.3, -0.25) is 0 Å². The van der Waals surface area contributed by atoms with Crippen LogP contribution in [0.15, 0.2) is 18.2 Å². The van der Waals surface area contributed by atoms with E-state index >= 15 is 0 Å². The maximum absolute atomic E-state index is 13.7. The van der Waals surface area contributed by atoms with Gasteiger partial charge in [0.2, 0.25) is 0 Å². The van der Waals surface area contributed by atoms with Crippen molar-refractivity contribution in [1.29, 1.82) is 0 Å². The molecule has 4 heteroatoms. The van der Waals surface area contributed by atoms with E-state index in [2.05, 4.69) is 10.2 Å². The van der Waals surface area contributed by atoms with E-state index in [1.54, 1.807) is 12.1 Å². The average Bonchev–Trinajstić information content (AvgIpc) is 2.76. The van der Waals surface area contributed by atoms with Gasteiger partial charge in [0.15, 0.2) is 0 Å². The molecule has 0 amide bonds. The van der Waals surface area contributed by atoms with Gasteiger partial charge in [0.1, 0.15) is 5.82 Å². The molecule has 3 nitrogen and oxygen atoms in total. The number of benzene rings is 1. The van der Waals surface area contributed by atoms with E-state index in [-0.39, 0.29) is 5.82 Å². The van der Waals surface area contributed by atoms with E-state index in [4.69, 9.17) is 5.73 Å². The van der Waals surface area contributed by atoms with Gasteiger partial charge in [0.25, 0.3) is 0 Å². The molecule has 2 fully saturated rings. The molecular weight excluding hydrogens is 205 g/mol. The maximum Gasteiger partial charge on any atom is 0.148 e. The second-order valence-corrected chi connectivity index (χ2v) is 4.79. The molecule has 0 saturated carbocycles. The first-order valence-electron chi connectivity index (χ1n) is 5.75. The van der Waals surface area contributed by atoms with Crippen molar-refractivity contribution in [2.45, 2.75) is 0 Å². The molecule has 0 radical (unpaired) electrons. The Morgan fingerprint density at radius 3 is 2.56 bits per heavy atom. The Bertz CT molecular complexity index is 395. The molecule has 3 N–H and O–H groups in total. The van der Waals surface area contributed by atoms with Crippen LogP contribution in [0.3, 0.4) is 0 Å². The van der Waals surface area contributed by atoms with E-state index in [0.717, 1.165) is 26.2 Å². The third-order valence-corrected chi connectivity index (χ3v) is 3.70. The zero-order chi connectivity index (χ0) is 11.1. The number of nitrogens with two attached hydrogens (primary N) is 1. The van der Waals surface area contributed by atoms with Crippen molar-refractivity contribution >= 4 is 11.4 Å². The highest BCUT2D eigenvalue weighted by Crippen LogP contribution is 2.32. The Morgan fingerprint density at radius 1 is 1.25 bits per heavy atom. The Balaban J connectivity index is 1.83. The lowest BCUT2D eigenvalue weighted by Gasteiger charge is -2.20. The summed E-state index contributed by atoms with van der Waals surface area (Å²) in [6, 6.07) is 4.96. The summed E-state index contributed by atoms with van der Waals surface area (Å²) >= 11 is 0. The third-order valence-electron chi connectivity index (χ3n) is 3.70. The molecule has 1 aromatic rings. The fourth-order valence-corrected chi connectivity index (χ4v) is 2.83. The highest BCUT2D eigenvalue weighted by molar-refractivity contribution is 5.55. The first-order chi connectivity index (χ1) is 7.74. The summed E-state index contributed by atoms with van der Waals surface area (Å²) in [5.41, 5.74) is 6.74. The number of nitrogens with one attached hydrogen (secondary N) is 1. The van der Waals surface area contributed by atoms with Crippen LogP contribution < -0.4 is 16.0 Å². The normalized spacial score (nSPS) is 28.4. The van der Waals surface area contributed by atoms with Crippen LogP contribution >= 0.6 is 0 Å². The predicted octanol–water partition coefficient (Wildman–Crippen LogP) is 1.06. The highest BCUT2D eigenvalue weighted by Gasteiger charge is 2.36. The van der Waals surface area contributed by atoms with Crippen molar-refractivity contribution in [3.05, 3.63) is 24.0 Å². The molecule has 2 saturated heterocycles. The topological polar surface area (TPSA) is 41.3 Å². The molecule has 16 heavy (non-hydrogen) atoms. The molecular formula is C12H16FN3. The second-order valence-electron chi connectivity index (χ2n) is 4.79. The number of nitrogen functional groups attached to an aromatic ring is 1. The number of hydrogen-bond acceptors (Lipinski definition) is 3. The Kier molecular flexibility index (Phi) is 2.24. The van der Waals surface area contributed by atoms with Crippen molar-refractivity contribution in [1.82, 2.24) is 5.32 Å². The van der Waals surface area contributed by atoms with Gasteiger partial charge in [-0.1, -0.05) is 0 Å². The molecule has 0 spiro atoms. The monoisotopic (exact) mass is 221 g/mol. The first-order valence-corrected chi connectivity index (χ1v) is 5.75. The Labute approximate surface area is 94.4 Å². The van der Waals surface area contributed by atoms with Crippen molar-refractivity contribution in [3.8, 4) is 0 Å². The molecule has 2 atom stereocenters. The van der Waals surface area contributed by atoms with Crippen LogP contribution in [0, 0.1) is 17.7 Å². The number of rotatable bonds is 1. The van der Waals surface area contributed by atoms with E-state index in [1.165, 1.54) is 6.07 Å². The van der Waals surface area contributed by atoms with Gasteiger partial charge in [-0.2, -0.15) is 0 Å². The smallest absolute Gasteiger partial charge is 0.148 e. The SMILES string of the molecule is Nc1ccc(N2C[C@H]3CNC[C@H]3C2)c(F)c1. The minimum Gasteiger partial charge on any atom is -0.399 e. The van der Waals surface area contributed by atoms with E-state index in [0.29, 0.717) is 23.2 Å². The summed E-state index contributed by atoms with van der Waals surface area (Å²) in [6.07, 6.45) is 0. The summed E-state index contributed by atoms with van der Waals surface area (Å²) in [5, 5.41) is 3.38. The van der Waals surface area contributed by atoms with Crippen molar-refractivity contribution < 1.29 is 4.39 Å². The van der Waals surface area contributed by atoms with E-state index in [9.17, 15) is 4.39 Å². The highest BCUT2D eigenvalue weighted by atomic mass is 19.1. The predicted molar refractivity (Wildman–Crippen MR) is 62.9 cm³/mol. The second kappa shape index (κ2) is 3.63. The molecule has 0 aromatic heterocycles. The zero-order valence-corrected chi connectivity index (χ0v) is 9.12. The quantitative estimate of drug-likeness (QED) is 0.697. The van der Waals surface area contributed by atoms with Gasteiger partial charge in [-0.25, -0.2) is 4.39 Å². The molecule has 2 aliphatic heterocycles. The summed E-state index contributed by atoms with van der Waals surface area (Å²) in [5.74, 6) is 1.15. The molecule has 0 bridgehead atoms. The zero-order valence-electron chi connectivity index (χ0n) is 9.12. The molecule has 2 aliphatic rings. The van der Waals surface area contributed by atoms with Gasteiger partial charge in [-0.15, -0.1) is 0 Å². The molecule has 0 aliphatic carbocycles. The van der Waals surface area contributed by atoms with Crippen LogP contribution in [0.2, 0.25) is 0 Å². The fourth-order valence-electron chi connectivity index (χ4n) is 2.83. The molecule has 1 aromatic carbocycles. The van der Waals surface area contributed by atoms with Crippen LogP contribution in [0.5, 0.6) is 0 Å². The lowest BCUT2D eigenvalue weighted by atomic mass is 10.0. The maximum atomic E-state index is 13.7. The van der Waals surface area contributed by atoms with Gasteiger partial charge in [0, 0.05) is 31.9 Å². The van der Waals surface area contributed by atoms with Crippen molar-refractivity contribution in [2.75, 3.05) is 36.8 Å². The minimum atomic E-state index is -0.201.